The van der Waals surface area contributed by atoms with Gasteiger partial charge in [0, 0.05) is 26.8 Å². The van der Waals surface area contributed by atoms with Crippen LogP contribution < -0.4 is 11.1 Å². The van der Waals surface area contributed by atoms with E-state index in [0.29, 0.717) is 25.1 Å². The van der Waals surface area contributed by atoms with Crippen LogP contribution in [0.5, 0.6) is 0 Å². The van der Waals surface area contributed by atoms with Crippen LogP contribution in [0.1, 0.15) is 33.1 Å². The van der Waals surface area contributed by atoms with Gasteiger partial charge in [-0.25, -0.2) is 0 Å². The molecule has 0 aliphatic carbocycles. The third-order valence-corrected chi connectivity index (χ3v) is 2.44. The van der Waals surface area contributed by atoms with Crippen LogP contribution in [0.15, 0.2) is 4.99 Å². The standard InChI is InChI=1S/C13H29N3O2/c1-12(2)6-8-16-13(14)15-7-4-5-9-18-11-10-17-3/h12H,4-11H2,1-3H3,(H3,14,15,16). The fourth-order valence-electron chi connectivity index (χ4n) is 1.30. The minimum atomic E-state index is 0.552. The van der Waals surface area contributed by atoms with E-state index in [1.807, 2.05) is 0 Å². The average molecular weight is 259 g/mol. The number of nitrogens with two attached hydrogens (primary N) is 1. The first-order valence-electron chi connectivity index (χ1n) is 6.77. The number of unbranched alkanes of at least 4 members (excludes halogenated alkanes) is 1. The Balaban J connectivity index is 3.29. The van der Waals surface area contributed by atoms with Crippen LogP contribution in [0.3, 0.4) is 0 Å². The maximum atomic E-state index is 5.73. The van der Waals surface area contributed by atoms with Gasteiger partial charge in [-0.05, 0) is 25.2 Å². The maximum absolute atomic E-state index is 5.73. The van der Waals surface area contributed by atoms with E-state index in [1.165, 1.54) is 0 Å². The van der Waals surface area contributed by atoms with E-state index >= 15 is 0 Å². The zero-order valence-electron chi connectivity index (χ0n) is 12.1. The second kappa shape index (κ2) is 12.6. The van der Waals surface area contributed by atoms with Crippen molar-refractivity contribution in [1.82, 2.24) is 5.32 Å². The lowest BCUT2D eigenvalue weighted by Crippen LogP contribution is -2.33. The van der Waals surface area contributed by atoms with Gasteiger partial charge in [0.2, 0.25) is 0 Å². The topological polar surface area (TPSA) is 68.9 Å². The summed E-state index contributed by atoms with van der Waals surface area (Å²) in [6.07, 6.45) is 3.12. The summed E-state index contributed by atoms with van der Waals surface area (Å²) in [5.41, 5.74) is 5.73. The van der Waals surface area contributed by atoms with Gasteiger partial charge in [-0.1, -0.05) is 13.8 Å². The fraction of sp³-hybridized carbons (Fsp3) is 0.923. The molecule has 0 unspecified atom stereocenters. The summed E-state index contributed by atoms with van der Waals surface area (Å²) in [5, 5.41) is 3.11. The monoisotopic (exact) mass is 259 g/mol. The number of hydrogen-bond acceptors (Lipinski definition) is 3. The average Bonchev–Trinajstić information content (AvgIpc) is 2.32. The number of methoxy groups -OCH3 is 1. The predicted molar refractivity (Wildman–Crippen MR) is 75.9 cm³/mol. The Morgan fingerprint density at radius 1 is 1.22 bits per heavy atom. The minimum absolute atomic E-state index is 0.552. The van der Waals surface area contributed by atoms with Gasteiger partial charge in [0.25, 0.3) is 0 Å². The fourth-order valence-corrected chi connectivity index (χ4v) is 1.30. The second-order valence-corrected chi connectivity index (χ2v) is 4.69. The van der Waals surface area contributed by atoms with Gasteiger partial charge in [-0.3, -0.25) is 4.99 Å². The van der Waals surface area contributed by atoms with Crippen molar-refractivity contribution in [1.29, 1.82) is 0 Å². The zero-order chi connectivity index (χ0) is 13.6. The number of nitrogens with zero attached hydrogens (tertiary/aromatic N) is 1. The summed E-state index contributed by atoms with van der Waals surface area (Å²) in [6, 6.07) is 0. The first-order chi connectivity index (χ1) is 8.66. The minimum Gasteiger partial charge on any atom is -0.382 e. The quantitative estimate of drug-likeness (QED) is 0.334. The second-order valence-electron chi connectivity index (χ2n) is 4.69. The predicted octanol–water partition coefficient (Wildman–Crippen LogP) is 1.38. The smallest absolute Gasteiger partial charge is 0.188 e. The molecular formula is C13H29N3O2. The lowest BCUT2D eigenvalue weighted by atomic mass is 10.1. The van der Waals surface area contributed by atoms with Gasteiger partial charge < -0.3 is 20.5 Å². The summed E-state index contributed by atoms with van der Waals surface area (Å²) < 4.78 is 10.2. The Morgan fingerprint density at radius 3 is 2.67 bits per heavy atom. The van der Waals surface area contributed by atoms with Crippen molar-refractivity contribution in [2.24, 2.45) is 16.6 Å². The molecule has 18 heavy (non-hydrogen) atoms. The molecule has 3 N–H and O–H groups in total. The van der Waals surface area contributed by atoms with Crippen LogP contribution in [0.4, 0.5) is 0 Å². The number of ether oxygens (including phenoxy) is 2. The molecule has 108 valence electrons. The van der Waals surface area contributed by atoms with E-state index < -0.39 is 0 Å². The van der Waals surface area contributed by atoms with Gasteiger partial charge in [0.1, 0.15) is 0 Å². The molecule has 0 rings (SSSR count). The third kappa shape index (κ3) is 13.3. The Labute approximate surface area is 111 Å². The number of aliphatic imine (C=N–C) groups is 1. The van der Waals surface area contributed by atoms with E-state index in [9.17, 15) is 0 Å². The highest BCUT2D eigenvalue weighted by Gasteiger charge is 1.95. The molecule has 0 aliphatic rings. The van der Waals surface area contributed by atoms with Crippen molar-refractivity contribution in [2.75, 3.05) is 40.0 Å². The first-order valence-corrected chi connectivity index (χ1v) is 6.77. The first kappa shape index (κ1) is 17.2. The number of guanidine groups is 1. The van der Waals surface area contributed by atoms with E-state index in [2.05, 4.69) is 24.2 Å². The molecule has 0 atom stereocenters. The molecule has 0 fully saturated rings. The summed E-state index contributed by atoms with van der Waals surface area (Å²) in [7, 11) is 1.67. The van der Waals surface area contributed by atoms with Crippen LogP contribution in [-0.2, 0) is 9.47 Å². The number of rotatable bonds is 11. The highest BCUT2D eigenvalue weighted by molar-refractivity contribution is 5.77. The van der Waals surface area contributed by atoms with Gasteiger partial charge in [-0.2, -0.15) is 0 Å². The maximum Gasteiger partial charge on any atom is 0.188 e. The van der Waals surface area contributed by atoms with Crippen molar-refractivity contribution in [3.05, 3.63) is 0 Å². The Hall–Kier alpha value is -0.810. The SMILES string of the molecule is COCCOCCCCN=C(N)NCCC(C)C. The molecule has 0 amide bonds. The lowest BCUT2D eigenvalue weighted by molar-refractivity contribution is 0.0690. The van der Waals surface area contributed by atoms with Crippen LogP contribution in [0, 0.1) is 5.92 Å². The van der Waals surface area contributed by atoms with Crippen molar-refractivity contribution in [2.45, 2.75) is 33.1 Å². The Bertz CT molecular complexity index is 208. The Kier molecular flexibility index (Phi) is 12.1. The van der Waals surface area contributed by atoms with E-state index in [4.69, 9.17) is 15.2 Å². The van der Waals surface area contributed by atoms with Crippen LogP contribution in [-0.4, -0.2) is 46.0 Å². The van der Waals surface area contributed by atoms with Crippen molar-refractivity contribution < 1.29 is 9.47 Å². The van der Waals surface area contributed by atoms with E-state index in [0.717, 1.165) is 39.0 Å². The summed E-state index contributed by atoms with van der Waals surface area (Å²) in [4.78, 5) is 4.26. The summed E-state index contributed by atoms with van der Waals surface area (Å²) in [6.45, 7) is 8.13. The molecule has 0 saturated carbocycles. The molecule has 0 aromatic carbocycles. The molecule has 0 aromatic heterocycles. The zero-order valence-corrected chi connectivity index (χ0v) is 12.1. The highest BCUT2D eigenvalue weighted by atomic mass is 16.5. The van der Waals surface area contributed by atoms with Crippen LogP contribution >= 0.6 is 0 Å². The normalized spacial score (nSPS) is 12.1. The molecular weight excluding hydrogens is 230 g/mol. The lowest BCUT2D eigenvalue weighted by Gasteiger charge is -2.07. The van der Waals surface area contributed by atoms with Gasteiger partial charge >= 0.3 is 0 Å². The van der Waals surface area contributed by atoms with Gasteiger partial charge in [-0.15, -0.1) is 0 Å². The molecule has 0 bridgehead atoms. The van der Waals surface area contributed by atoms with Gasteiger partial charge in [0.15, 0.2) is 5.96 Å². The van der Waals surface area contributed by atoms with Crippen molar-refractivity contribution in [3.63, 3.8) is 0 Å². The molecule has 0 aliphatic heterocycles. The Morgan fingerprint density at radius 2 is 2.00 bits per heavy atom. The van der Waals surface area contributed by atoms with E-state index in [1.54, 1.807) is 7.11 Å². The van der Waals surface area contributed by atoms with Gasteiger partial charge in [0.05, 0.1) is 13.2 Å². The third-order valence-electron chi connectivity index (χ3n) is 2.44. The number of nitrogens with one attached hydrogen (secondary N) is 1. The number of hydrogen-bond donors (Lipinski definition) is 2. The molecule has 0 saturated heterocycles. The van der Waals surface area contributed by atoms with Crippen molar-refractivity contribution in [3.8, 4) is 0 Å². The molecule has 0 radical (unpaired) electrons. The molecule has 0 heterocycles. The summed E-state index contributed by atoms with van der Waals surface area (Å²) >= 11 is 0. The van der Waals surface area contributed by atoms with Crippen LogP contribution in [0.2, 0.25) is 0 Å². The molecule has 5 heteroatoms. The van der Waals surface area contributed by atoms with Crippen molar-refractivity contribution >= 4 is 5.96 Å². The molecule has 0 spiro atoms. The molecule has 5 nitrogen and oxygen atoms in total. The van der Waals surface area contributed by atoms with E-state index in [-0.39, 0.29) is 0 Å². The molecule has 0 aromatic rings. The largest absolute Gasteiger partial charge is 0.382 e. The summed E-state index contributed by atoms with van der Waals surface area (Å²) in [5.74, 6) is 1.24. The van der Waals surface area contributed by atoms with Crippen LogP contribution in [0.25, 0.3) is 0 Å². The highest BCUT2D eigenvalue weighted by Crippen LogP contribution is 1.96.